The molecule has 0 aliphatic rings. The lowest BCUT2D eigenvalue weighted by molar-refractivity contribution is -0.145. The molecule has 0 bridgehead atoms. The Kier molecular flexibility index (Phi) is 6.99. The number of rotatable bonds is 9. The molecule has 2 unspecified atom stereocenters. The summed E-state index contributed by atoms with van der Waals surface area (Å²) in [6, 6.07) is 10.1. The highest BCUT2D eigenvalue weighted by Crippen LogP contribution is 2.27. The summed E-state index contributed by atoms with van der Waals surface area (Å²) in [4.78, 5) is 0. The van der Waals surface area contributed by atoms with Crippen molar-refractivity contribution in [1.29, 1.82) is 0 Å². The number of hydrogen-bond acceptors (Lipinski definition) is 2. The zero-order valence-electron chi connectivity index (χ0n) is 12.5. The van der Waals surface area contributed by atoms with Crippen LogP contribution in [0.3, 0.4) is 0 Å². The van der Waals surface area contributed by atoms with Crippen LogP contribution in [0.25, 0.3) is 0 Å². The molecule has 0 aliphatic carbocycles. The molecule has 0 aliphatic heterocycles. The van der Waals surface area contributed by atoms with Crippen molar-refractivity contribution in [3.05, 3.63) is 72.9 Å². The molecular weight excluding hydrogens is 248 g/mol. The summed E-state index contributed by atoms with van der Waals surface area (Å²) in [7, 11) is 0. The zero-order valence-corrected chi connectivity index (χ0v) is 12.5. The molecule has 2 heteroatoms. The molecule has 0 N–H and O–H groups in total. The van der Waals surface area contributed by atoms with Crippen LogP contribution in [0.15, 0.2) is 67.3 Å². The Hall–Kier alpha value is -1.64. The van der Waals surface area contributed by atoms with Crippen molar-refractivity contribution in [1.82, 2.24) is 0 Å². The molecule has 1 aromatic rings. The quantitative estimate of drug-likeness (QED) is 0.365. The van der Waals surface area contributed by atoms with Gasteiger partial charge in [0.05, 0.1) is 6.10 Å². The van der Waals surface area contributed by atoms with Crippen molar-refractivity contribution in [2.45, 2.75) is 32.7 Å². The molecule has 2 atom stereocenters. The van der Waals surface area contributed by atoms with E-state index in [-0.39, 0.29) is 6.10 Å². The number of ether oxygens (including phenoxy) is 2. The highest BCUT2D eigenvalue weighted by molar-refractivity contribution is 5.20. The predicted octanol–water partition coefficient (Wildman–Crippen LogP) is 4.82. The molecule has 1 aromatic carbocycles. The number of hydrogen-bond donors (Lipinski definition) is 0. The van der Waals surface area contributed by atoms with E-state index in [1.165, 1.54) is 0 Å². The van der Waals surface area contributed by atoms with Crippen LogP contribution in [0.2, 0.25) is 0 Å². The Morgan fingerprint density at radius 1 is 1.25 bits per heavy atom. The van der Waals surface area contributed by atoms with Crippen molar-refractivity contribution in [2.75, 3.05) is 6.61 Å². The average Bonchev–Trinajstić information content (AvgIpc) is 2.45. The SMILES string of the molecule is C=CC(=C)C(OCC)OC(CC(=C)C)c1ccccc1. The predicted molar refractivity (Wildman–Crippen MR) is 84.5 cm³/mol. The first-order valence-corrected chi connectivity index (χ1v) is 6.86. The normalized spacial score (nSPS) is 13.5. The van der Waals surface area contributed by atoms with Gasteiger partial charge in [0, 0.05) is 6.61 Å². The Morgan fingerprint density at radius 2 is 1.90 bits per heavy atom. The second-order valence-electron chi connectivity index (χ2n) is 4.76. The Morgan fingerprint density at radius 3 is 2.40 bits per heavy atom. The largest absolute Gasteiger partial charge is 0.349 e. The van der Waals surface area contributed by atoms with E-state index < -0.39 is 6.29 Å². The minimum Gasteiger partial charge on any atom is -0.349 e. The van der Waals surface area contributed by atoms with E-state index in [1.807, 2.05) is 44.2 Å². The molecule has 20 heavy (non-hydrogen) atoms. The number of benzene rings is 1. The molecule has 0 radical (unpaired) electrons. The summed E-state index contributed by atoms with van der Waals surface area (Å²) >= 11 is 0. The standard InChI is InChI=1S/C18H24O2/c1-6-15(5)18(19-7-2)20-17(13-14(3)4)16-11-9-8-10-12-16/h6,8-12,17-18H,1,3,5,7,13H2,2,4H3. The van der Waals surface area contributed by atoms with Gasteiger partial charge < -0.3 is 9.47 Å². The summed E-state index contributed by atoms with van der Waals surface area (Å²) in [6.07, 6.45) is 1.85. The van der Waals surface area contributed by atoms with E-state index in [9.17, 15) is 0 Å². The van der Waals surface area contributed by atoms with Crippen molar-refractivity contribution in [3.8, 4) is 0 Å². The van der Waals surface area contributed by atoms with Gasteiger partial charge in [-0.15, -0.1) is 6.58 Å². The molecule has 0 saturated carbocycles. The van der Waals surface area contributed by atoms with E-state index in [4.69, 9.17) is 9.47 Å². The van der Waals surface area contributed by atoms with Gasteiger partial charge in [-0.25, -0.2) is 0 Å². The van der Waals surface area contributed by atoms with Crippen LogP contribution in [0, 0.1) is 0 Å². The lowest BCUT2D eigenvalue weighted by Gasteiger charge is -2.25. The summed E-state index contributed by atoms with van der Waals surface area (Å²) in [5.74, 6) is 0. The van der Waals surface area contributed by atoms with Gasteiger partial charge in [-0.1, -0.05) is 55.1 Å². The third-order valence-corrected chi connectivity index (χ3v) is 2.88. The highest BCUT2D eigenvalue weighted by Gasteiger charge is 2.20. The van der Waals surface area contributed by atoms with Crippen molar-refractivity contribution >= 4 is 0 Å². The van der Waals surface area contributed by atoms with Crippen LogP contribution in [-0.4, -0.2) is 12.9 Å². The van der Waals surface area contributed by atoms with Crippen molar-refractivity contribution in [2.24, 2.45) is 0 Å². The Labute approximate surface area is 122 Å². The molecule has 0 fully saturated rings. The monoisotopic (exact) mass is 272 g/mol. The minimum atomic E-state index is -0.470. The Balaban J connectivity index is 2.90. The van der Waals surface area contributed by atoms with Gasteiger partial charge in [-0.2, -0.15) is 0 Å². The highest BCUT2D eigenvalue weighted by atomic mass is 16.7. The minimum absolute atomic E-state index is 0.0954. The summed E-state index contributed by atoms with van der Waals surface area (Å²) < 4.78 is 11.7. The topological polar surface area (TPSA) is 18.5 Å². The fraction of sp³-hybridized carbons (Fsp3) is 0.333. The fourth-order valence-electron chi connectivity index (χ4n) is 1.86. The maximum absolute atomic E-state index is 6.09. The van der Waals surface area contributed by atoms with Gasteiger partial charge in [0.1, 0.15) is 0 Å². The lowest BCUT2D eigenvalue weighted by atomic mass is 10.0. The van der Waals surface area contributed by atoms with E-state index in [2.05, 4.69) is 19.7 Å². The van der Waals surface area contributed by atoms with Crippen molar-refractivity contribution in [3.63, 3.8) is 0 Å². The van der Waals surface area contributed by atoms with Crippen molar-refractivity contribution < 1.29 is 9.47 Å². The van der Waals surface area contributed by atoms with Crippen LogP contribution in [-0.2, 0) is 9.47 Å². The van der Waals surface area contributed by atoms with Gasteiger partial charge >= 0.3 is 0 Å². The van der Waals surface area contributed by atoms with Crippen LogP contribution >= 0.6 is 0 Å². The fourth-order valence-corrected chi connectivity index (χ4v) is 1.86. The Bertz CT molecular complexity index is 448. The molecular formula is C18H24O2. The lowest BCUT2D eigenvalue weighted by Crippen LogP contribution is -2.22. The van der Waals surface area contributed by atoms with E-state index in [1.54, 1.807) is 6.08 Å². The first-order chi connectivity index (χ1) is 9.58. The van der Waals surface area contributed by atoms with Crippen LogP contribution in [0.5, 0.6) is 0 Å². The third kappa shape index (κ3) is 5.16. The second-order valence-corrected chi connectivity index (χ2v) is 4.76. The first kappa shape index (κ1) is 16.4. The molecule has 0 saturated heterocycles. The smallest absolute Gasteiger partial charge is 0.183 e. The summed E-state index contributed by atoms with van der Waals surface area (Å²) in [5, 5.41) is 0. The van der Waals surface area contributed by atoms with Crippen LogP contribution < -0.4 is 0 Å². The molecule has 0 spiro atoms. The van der Waals surface area contributed by atoms with Gasteiger partial charge in [-0.3, -0.25) is 0 Å². The van der Waals surface area contributed by atoms with Crippen LogP contribution in [0.4, 0.5) is 0 Å². The van der Waals surface area contributed by atoms with E-state index in [0.29, 0.717) is 6.61 Å². The van der Waals surface area contributed by atoms with Gasteiger partial charge in [0.2, 0.25) is 0 Å². The third-order valence-electron chi connectivity index (χ3n) is 2.88. The maximum Gasteiger partial charge on any atom is 0.183 e. The van der Waals surface area contributed by atoms with E-state index >= 15 is 0 Å². The first-order valence-electron chi connectivity index (χ1n) is 6.86. The van der Waals surface area contributed by atoms with Gasteiger partial charge in [-0.05, 0) is 31.4 Å². The van der Waals surface area contributed by atoms with Gasteiger partial charge in [0.25, 0.3) is 0 Å². The molecule has 1 rings (SSSR count). The average molecular weight is 272 g/mol. The second kappa shape index (κ2) is 8.51. The maximum atomic E-state index is 6.09. The molecule has 108 valence electrons. The molecule has 0 amide bonds. The zero-order chi connectivity index (χ0) is 15.0. The van der Waals surface area contributed by atoms with Crippen LogP contribution in [0.1, 0.15) is 31.9 Å². The van der Waals surface area contributed by atoms with E-state index in [0.717, 1.165) is 23.1 Å². The molecule has 0 aromatic heterocycles. The van der Waals surface area contributed by atoms with Gasteiger partial charge in [0.15, 0.2) is 6.29 Å². The summed E-state index contributed by atoms with van der Waals surface area (Å²) in [6.45, 7) is 16.1. The molecule has 2 nitrogen and oxygen atoms in total. The molecule has 0 heterocycles. The summed E-state index contributed by atoms with van der Waals surface area (Å²) in [5.41, 5.74) is 2.91.